The van der Waals surface area contributed by atoms with Crippen molar-refractivity contribution in [1.29, 1.82) is 0 Å². The molecule has 1 heterocycles. The van der Waals surface area contributed by atoms with Gasteiger partial charge in [-0.15, -0.1) is 0 Å². The third-order valence-corrected chi connectivity index (χ3v) is 6.71. The Labute approximate surface area is 233 Å². The standard InChI is InChI=1S/C29H30F4N2O4S/c1-6-40-16-17-7-9-20(26(37)21-10-8-19(30)13-24(21)29(31,32)33)22(11-17)23-15-35(5)25(36)12-18(23)14-34-27(38)39-28(2,3)4/h7-13,15H,6,14,16H2,1-5H3,(H,34,38). The summed E-state index contributed by atoms with van der Waals surface area (Å²) >= 11 is 1.61. The minimum absolute atomic E-state index is 0.0699. The number of thioether (sulfide) groups is 1. The lowest BCUT2D eigenvalue weighted by Crippen LogP contribution is -2.32. The van der Waals surface area contributed by atoms with Crippen LogP contribution in [0.15, 0.2) is 53.5 Å². The number of carbonyl (C=O) groups excluding carboxylic acids is 2. The number of ketones is 1. The smallest absolute Gasteiger partial charge is 0.417 e. The number of nitrogens with zero attached hydrogens (tertiary/aromatic N) is 1. The van der Waals surface area contributed by atoms with E-state index in [9.17, 15) is 31.9 Å². The van der Waals surface area contributed by atoms with Gasteiger partial charge in [0.25, 0.3) is 5.56 Å². The van der Waals surface area contributed by atoms with Crippen LogP contribution in [0.1, 0.15) is 60.3 Å². The van der Waals surface area contributed by atoms with Crippen LogP contribution in [0.3, 0.4) is 0 Å². The van der Waals surface area contributed by atoms with Crippen LogP contribution in [-0.4, -0.2) is 27.8 Å². The Balaban J connectivity index is 2.20. The van der Waals surface area contributed by atoms with Gasteiger partial charge in [0.15, 0.2) is 5.78 Å². The van der Waals surface area contributed by atoms with Crippen molar-refractivity contribution in [1.82, 2.24) is 9.88 Å². The Bertz CT molecular complexity index is 1480. The molecule has 0 unspecified atom stereocenters. The molecule has 1 amide bonds. The first-order chi connectivity index (χ1) is 18.6. The number of halogens is 4. The van der Waals surface area contributed by atoms with Gasteiger partial charge in [-0.25, -0.2) is 9.18 Å². The molecule has 3 rings (SSSR count). The second-order valence-electron chi connectivity index (χ2n) is 10.1. The van der Waals surface area contributed by atoms with Gasteiger partial charge in [0, 0.05) is 48.3 Å². The SMILES string of the molecule is CCSCc1ccc(C(=O)c2ccc(F)cc2C(F)(F)F)c(-c2cn(C)c(=O)cc2CNC(=O)OC(C)(C)C)c1. The largest absolute Gasteiger partial charge is 0.444 e. The third-order valence-electron chi connectivity index (χ3n) is 5.76. The topological polar surface area (TPSA) is 77.4 Å². The van der Waals surface area contributed by atoms with Crippen LogP contribution in [0, 0.1) is 5.82 Å². The average molecular weight is 579 g/mol. The Morgan fingerprint density at radius 2 is 1.68 bits per heavy atom. The summed E-state index contributed by atoms with van der Waals surface area (Å²) in [5, 5.41) is 2.59. The van der Waals surface area contributed by atoms with Crippen LogP contribution >= 0.6 is 11.8 Å². The predicted octanol–water partition coefficient (Wildman–Crippen LogP) is 6.72. The third kappa shape index (κ3) is 7.74. The number of alkyl carbamates (subject to hydrolysis) is 1. The highest BCUT2D eigenvalue weighted by atomic mass is 32.2. The number of benzene rings is 2. The van der Waals surface area contributed by atoms with Crippen LogP contribution in [0.25, 0.3) is 11.1 Å². The lowest BCUT2D eigenvalue weighted by atomic mass is 9.89. The molecule has 214 valence electrons. The van der Waals surface area contributed by atoms with Gasteiger partial charge in [-0.2, -0.15) is 24.9 Å². The Kier molecular flexibility index (Phi) is 9.50. The first-order valence-electron chi connectivity index (χ1n) is 12.4. The minimum atomic E-state index is -4.97. The normalized spacial score (nSPS) is 11.8. The molecule has 0 saturated carbocycles. The van der Waals surface area contributed by atoms with Crippen LogP contribution in [0.5, 0.6) is 0 Å². The summed E-state index contributed by atoms with van der Waals surface area (Å²) in [6.45, 7) is 6.91. The molecule has 0 atom stereocenters. The Morgan fingerprint density at radius 3 is 2.30 bits per heavy atom. The van der Waals surface area contributed by atoms with E-state index < -0.39 is 46.2 Å². The molecule has 1 N–H and O–H groups in total. The summed E-state index contributed by atoms with van der Waals surface area (Å²) in [5.74, 6) is -0.702. The molecule has 3 aromatic rings. The first-order valence-corrected chi connectivity index (χ1v) is 13.5. The molecule has 0 saturated heterocycles. The van der Waals surface area contributed by atoms with Gasteiger partial charge in [-0.05, 0) is 67.5 Å². The van der Waals surface area contributed by atoms with E-state index in [1.54, 1.807) is 44.7 Å². The monoisotopic (exact) mass is 578 g/mol. The molecular formula is C29H30F4N2O4S. The number of alkyl halides is 3. The summed E-state index contributed by atoms with van der Waals surface area (Å²) in [5.41, 5.74) is -1.56. The van der Waals surface area contributed by atoms with E-state index >= 15 is 0 Å². The lowest BCUT2D eigenvalue weighted by molar-refractivity contribution is -0.138. The van der Waals surface area contributed by atoms with Gasteiger partial charge in [0.1, 0.15) is 11.4 Å². The van der Waals surface area contributed by atoms with E-state index in [1.165, 1.54) is 29.9 Å². The fourth-order valence-corrected chi connectivity index (χ4v) is 4.57. The molecule has 0 fully saturated rings. The number of hydrogen-bond donors (Lipinski definition) is 1. The Morgan fingerprint density at radius 1 is 1.00 bits per heavy atom. The van der Waals surface area contributed by atoms with E-state index in [2.05, 4.69) is 5.32 Å². The minimum Gasteiger partial charge on any atom is -0.444 e. The summed E-state index contributed by atoms with van der Waals surface area (Å²) < 4.78 is 61.6. The summed E-state index contributed by atoms with van der Waals surface area (Å²) in [6.07, 6.45) is -4.24. The predicted molar refractivity (Wildman–Crippen MR) is 147 cm³/mol. The van der Waals surface area contributed by atoms with Crippen molar-refractivity contribution in [3.8, 4) is 11.1 Å². The highest BCUT2D eigenvalue weighted by Crippen LogP contribution is 2.36. The van der Waals surface area contributed by atoms with E-state index in [0.717, 1.165) is 23.4 Å². The number of aromatic nitrogens is 1. The highest BCUT2D eigenvalue weighted by Gasteiger charge is 2.36. The number of carbonyl (C=O) groups is 2. The van der Waals surface area contributed by atoms with Crippen LogP contribution in [-0.2, 0) is 30.3 Å². The quantitative estimate of drug-likeness (QED) is 0.237. The van der Waals surface area contributed by atoms with Crippen molar-refractivity contribution in [2.45, 2.75) is 51.8 Å². The molecule has 0 aliphatic rings. The maximum atomic E-state index is 13.8. The van der Waals surface area contributed by atoms with Crippen molar-refractivity contribution in [3.63, 3.8) is 0 Å². The van der Waals surface area contributed by atoms with Crippen molar-refractivity contribution >= 4 is 23.6 Å². The zero-order valence-corrected chi connectivity index (χ0v) is 23.6. The highest BCUT2D eigenvalue weighted by molar-refractivity contribution is 7.98. The zero-order valence-electron chi connectivity index (χ0n) is 22.7. The van der Waals surface area contributed by atoms with Crippen molar-refractivity contribution < 1.29 is 31.9 Å². The summed E-state index contributed by atoms with van der Waals surface area (Å²) in [7, 11) is 1.50. The molecule has 0 bridgehead atoms. The molecule has 40 heavy (non-hydrogen) atoms. The summed E-state index contributed by atoms with van der Waals surface area (Å²) in [6, 6.07) is 7.96. The van der Waals surface area contributed by atoms with Crippen LogP contribution < -0.4 is 10.9 Å². The van der Waals surface area contributed by atoms with E-state index in [4.69, 9.17) is 4.74 Å². The number of nitrogens with one attached hydrogen (secondary N) is 1. The van der Waals surface area contributed by atoms with Crippen molar-refractivity contribution in [2.24, 2.45) is 7.05 Å². The Hall–Kier alpha value is -3.60. The molecule has 0 aliphatic carbocycles. The molecule has 0 aliphatic heterocycles. The van der Waals surface area contributed by atoms with Gasteiger partial charge in [0.2, 0.25) is 0 Å². The van der Waals surface area contributed by atoms with Gasteiger partial charge in [-0.3, -0.25) is 9.59 Å². The van der Waals surface area contributed by atoms with E-state index in [-0.39, 0.29) is 17.7 Å². The lowest BCUT2D eigenvalue weighted by Gasteiger charge is -2.21. The number of pyridine rings is 1. The maximum Gasteiger partial charge on any atom is 0.417 e. The first kappa shape index (κ1) is 30.9. The second kappa shape index (κ2) is 12.3. The number of rotatable bonds is 8. The van der Waals surface area contributed by atoms with E-state index in [0.29, 0.717) is 22.9 Å². The number of aryl methyl sites for hydroxylation is 1. The van der Waals surface area contributed by atoms with Gasteiger partial charge in [0.05, 0.1) is 5.56 Å². The zero-order chi connectivity index (χ0) is 29.8. The molecule has 6 nitrogen and oxygen atoms in total. The molecule has 0 spiro atoms. The molecule has 1 aromatic heterocycles. The van der Waals surface area contributed by atoms with Gasteiger partial charge in [-0.1, -0.05) is 19.1 Å². The number of hydrogen-bond acceptors (Lipinski definition) is 5. The van der Waals surface area contributed by atoms with Crippen molar-refractivity contribution in [2.75, 3.05) is 5.75 Å². The summed E-state index contributed by atoms with van der Waals surface area (Å²) in [4.78, 5) is 38.5. The second-order valence-corrected chi connectivity index (χ2v) is 11.3. The van der Waals surface area contributed by atoms with Crippen molar-refractivity contribution in [3.05, 3.63) is 92.6 Å². The van der Waals surface area contributed by atoms with E-state index in [1.807, 2.05) is 6.92 Å². The molecule has 0 radical (unpaired) electrons. The molecule has 2 aromatic carbocycles. The maximum absolute atomic E-state index is 13.8. The fraction of sp³-hybridized carbons (Fsp3) is 0.345. The van der Waals surface area contributed by atoms with Gasteiger partial charge >= 0.3 is 12.3 Å². The van der Waals surface area contributed by atoms with Crippen LogP contribution in [0.4, 0.5) is 22.4 Å². The molecule has 11 heteroatoms. The molecular weight excluding hydrogens is 548 g/mol. The number of amides is 1. The number of ether oxygens (including phenoxy) is 1. The van der Waals surface area contributed by atoms with Gasteiger partial charge < -0.3 is 14.6 Å². The fourth-order valence-electron chi connectivity index (χ4n) is 3.96. The van der Waals surface area contributed by atoms with Crippen LogP contribution in [0.2, 0.25) is 0 Å². The average Bonchev–Trinajstić information content (AvgIpc) is 2.85.